The van der Waals surface area contributed by atoms with Crippen LogP contribution in [0.3, 0.4) is 0 Å². The zero-order valence-electron chi connectivity index (χ0n) is 11.1. The Labute approximate surface area is 107 Å². The molecular weight excluding hydrogens is 229 g/mol. The minimum Gasteiger partial charge on any atom is -0.239 e. The third-order valence-corrected chi connectivity index (χ3v) is 3.87. The highest BCUT2D eigenvalue weighted by atomic mass is 19.1. The number of nitrogens with zero attached hydrogens (tertiary/aromatic N) is 1. The van der Waals surface area contributed by atoms with E-state index in [1.165, 1.54) is 13.8 Å². The summed E-state index contributed by atoms with van der Waals surface area (Å²) in [6, 6.07) is 5.57. The van der Waals surface area contributed by atoms with Crippen LogP contribution in [0.5, 0.6) is 0 Å². The number of isocyanates is 1. The van der Waals surface area contributed by atoms with Gasteiger partial charge in [0.1, 0.15) is 5.67 Å². The van der Waals surface area contributed by atoms with Crippen molar-refractivity contribution in [3.63, 3.8) is 0 Å². The molecule has 96 valence electrons. The van der Waals surface area contributed by atoms with Gasteiger partial charge in [0.15, 0.2) is 0 Å². The van der Waals surface area contributed by atoms with Gasteiger partial charge in [0, 0.05) is 0 Å². The fourth-order valence-electron chi connectivity index (χ4n) is 2.53. The zero-order chi connectivity index (χ0) is 13.4. The Balaban J connectivity index is 2.53. The minimum absolute atomic E-state index is 0.451. The van der Waals surface area contributed by atoms with E-state index in [4.69, 9.17) is 0 Å². The van der Waals surface area contributed by atoms with Gasteiger partial charge >= 0.3 is 0 Å². The van der Waals surface area contributed by atoms with Gasteiger partial charge in [0.2, 0.25) is 6.08 Å². The molecule has 0 aliphatic heterocycles. The highest BCUT2D eigenvalue weighted by molar-refractivity contribution is 5.44. The molecule has 18 heavy (non-hydrogen) atoms. The van der Waals surface area contributed by atoms with Crippen molar-refractivity contribution in [3.05, 3.63) is 34.9 Å². The number of alkyl halides is 1. The highest BCUT2D eigenvalue weighted by Crippen LogP contribution is 2.46. The Kier molecular flexibility index (Phi) is 3.12. The van der Waals surface area contributed by atoms with Crippen LogP contribution in [-0.4, -0.2) is 6.08 Å². The molecule has 2 rings (SSSR count). The number of halogens is 1. The molecule has 2 nitrogen and oxygen atoms in total. The van der Waals surface area contributed by atoms with E-state index in [-0.39, 0.29) is 0 Å². The SMILES string of the molecule is Cc1ccc(C(C)(C)F)cc1C1(N=C=O)CCC1. The molecule has 0 bridgehead atoms. The minimum atomic E-state index is -1.38. The van der Waals surface area contributed by atoms with Crippen LogP contribution in [0.4, 0.5) is 4.39 Å². The lowest BCUT2D eigenvalue weighted by Gasteiger charge is -2.38. The van der Waals surface area contributed by atoms with Crippen LogP contribution < -0.4 is 0 Å². The summed E-state index contributed by atoms with van der Waals surface area (Å²) in [6.45, 7) is 5.06. The van der Waals surface area contributed by atoms with Crippen LogP contribution in [0.25, 0.3) is 0 Å². The van der Waals surface area contributed by atoms with E-state index in [0.29, 0.717) is 5.56 Å². The van der Waals surface area contributed by atoms with Crippen LogP contribution in [0.2, 0.25) is 0 Å². The Morgan fingerprint density at radius 3 is 2.50 bits per heavy atom. The smallest absolute Gasteiger partial charge is 0.235 e. The molecule has 1 fully saturated rings. The maximum absolute atomic E-state index is 14.0. The molecule has 0 unspecified atom stereocenters. The van der Waals surface area contributed by atoms with E-state index < -0.39 is 11.2 Å². The van der Waals surface area contributed by atoms with E-state index in [0.717, 1.165) is 30.4 Å². The Morgan fingerprint density at radius 2 is 2.06 bits per heavy atom. The Hall–Kier alpha value is -1.47. The first-order valence-corrected chi connectivity index (χ1v) is 6.29. The van der Waals surface area contributed by atoms with Gasteiger partial charge in [0.05, 0.1) is 5.54 Å². The quantitative estimate of drug-likeness (QED) is 0.588. The van der Waals surface area contributed by atoms with Crippen molar-refractivity contribution < 1.29 is 9.18 Å². The molecular formula is C15H18FNO. The average Bonchev–Trinajstić information content (AvgIpc) is 2.23. The third-order valence-electron chi connectivity index (χ3n) is 3.87. The molecule has 0 spiro atoms. The highest BCUT2D eigenvalue weighted by Gasteiger charge is 2.40. The van der Waals surface area contributed by atoms with Crippen molar-refractivity contribution in [1.82, 2.24) is 0 Å². The summed E-state index contributed by atoms with van der Waals surface area (Å²) in [5.74, 6) is 0. The van der Waals surface area contributed by atoms with Gasteiger partial charge < -0.3 is 0 Å². The fraction of sp³-hybridized carbons (Fsp3) is 0.533. The number of hydrogen-bond donors (Lipinski definition) is 0. The first-order valence-electron chi connectivity index (χ1n) is 6.29. The van der Waals surface area contributed by atoms with Crippen LogP contribution in [0.1, 0.15) is 49.8 Å². The van der Waals surface area contributed by atoms with Crippen LogP contribution in [0.15, 0.2) is 23.2 Å². The number of carbonyl (C=O) groups excluding carboxylic acids is 1. The molecule has 0 amide bonds. The van der Waals surface area contributed by atoms with Crippen molar-refractivity contribution in [2.24, 2.45) is 4.99 Å². The van der Waals surface area contributed by atoms with E-state index in [1.54, 1.807) is 12.1 Å². The predicted molar refractivity (Wildman–Crippen MR) is 69.0 cm³/mol. The van der Waals surface area contributed by atoms with E-state index >= 15 is 0 Å². The average molecular weight is 247 g/mol. The van der Waals surface area contributed by atoms with Gasteiger partial charge in [-0.3, -0.25) is 0 Å². The maximum atomic E-state index is 14.0. The number of hydrogen-bond acceptors (Lipinski definition) is 2. The standard InChI is InChI=1S/C15H18FNO/c1-11-5-6-12(14(2,3)16)9-13(11)15(17-10-18)7-4-8-15/h5-6,9H,4,7-8H2,1-3H3. The summed E-state index contributed by atoms with van der Waals surface area (Å²) >= 11 is 0. The molecule has 1 aliphatic rings. The van der Waals surface area contributed by atoms with Gasteiger partial charge in [-0.15, -0.1) is 0 Å². The van der Waals surface area contributed by atoms with Gasteiger partial charge in [-0.2, -0.15) is 4.99 Å². The molecule has 0 saturated heterocycles. The van der Waals surface area contributed by atoms with Crippen molar-refractivity contribution >= 4 is 6.08 Å². The van der Waals surface area contributed by atoms with Crippen molar-refractivity contribution in [1.29, 1.82) is 0 Å². The molecule has 1 aliphatic carbocycles. The Morgan fingerprint density at radius 1 is 1.39 bits per heavy atom. The molecule has 3 heteroatoms. The number of aryl methyl sites for hydroxylation is 1. The molecule has 1 aromatic rings. The first kappa shape index (κ1) is 13.0. The summed E-state index contributed by atoms with van der Waals surface area (Å²) in [6.07, 6.45) is 4.42. The summed E-state index contributed by atoms with van der Waals surface area (Å²) in [7, 11) is 0. The maximum Gasteiger partial charge on any atom is 0.235 e. The molecule has 1 saturated carbocycles. The predicted octanol–water partition coefficient (Wildman–Crippen LogP) is 3.91. The monoisotopic (exact) mass is 247 g/mol. The lowest BCUT2D eigenvalue weighted by Crippen LogP contribution is -2.33. The van der Waals surface area contributed by atoms with E-state index in [2.05, 4.69) is 4.99 Å². The fourth-order valence-corrected chi connectivity index (χ4v) is 2.53. The molecule has 0 aromatic heterocycles. The molecule has 0 atom stereocenters. The normalized spacial score (nSPS) is 17.8. The third kappa shape index (κ3) is 2.11. The van der Waals surface area contributed by atoms with Crippen molar-refractivity contribution in [2.75, 3.05) is 0 Å². The van der Waals surface area contributed by atoms with Gasteiger partial charge in [-0.25, -0.2) is 9.18 Å². The second-order valence-electron chi connectivity index (χ2n) is 5.59. The molecule has 0 N–H and O–H groups in total. The molecule has 0 heterocycles. The van der Waals surface area contributed by atoms with Crippen molar-refractivity contribution in [2.45, 2.75) is 51.2 Å². The second-order valence-corrected chi connectivity index (χ2v) is 5.59. The summed E-state index contributed by atoms with van der Waals surface area (Å²) in [5, 5.41) is 0. The lowest BCUT2D eigenvalue weighted by molar-refractivity contribution is 0.219. The van der Waals surface area contributed by atoms with Gasteiger partial charge in [0.25, 0.3) is 0 Å². The number of aliphatic imine (C=N–C) groups is 1. The van der Waals surface area contributed by atoms with E-state index in [9.17, 15) is 9.18 Å². The van der Waals surface area contributed by atoms with Crippen LogP contribution in [-0.2, 0) is 16.0 Å². The summed E-state index contributed by atoms with van der Waals surface area (Å²) in [5.41, 5.74) is 0.836. The van der Waals surface area contributed by atoms with Gasteiger partial charge in [-0.05, 0) is 62.8 Å². The first-order chi connectivity index (χ1) is 8.39. The molecule has 0 radical (unpaired) electrons. The zero-order valence-corrected chi connectivity index (χ0v) is 11.1. The largest absolute Gasteiger partial charge is 0.239 e. The van der Waals surface area contributed by atoms with Crippen molar-refractivity contribution in [3.8, 4) is 0 Å². The second kappa shape index (κ2) is 4.33. The number of rotatable bonds is 3. The van der Waals surface area contributed by atoms with Crippen LogP contribution >= 0.6 is 0 Å². The molecule has 1 aromatic carbocycles. The number of benzene rings is 1. The Bertz CT molecular complexity index is 506. The van der Waals surface area contributed by atoms with E-state index in [1.807, 2.05) is 19.1 Å². The lowest BCUT2D eigenvalue weighted by atomic mass is 9.70. The topological polar surface area (TPSA) is 29.4 Å². The summed E-state index contributed by atoms with van der Waals surface area (Å²) < 4.78 is 14.0. The van der Waals surface area contributed by atoms with Gasteiger partial charge in [-0.1, -0.05) is 12.1 Å². The summed E-state index contributed by atoms with van der Waals surface area (Å²) in [4.78, 5) is 14.6. The van der Waals surface area contributed by atoms with Crippen LogP contribution in [0, 0.1) is 6.92 Å².